The number of ether oxygens (including phenoxy) is 1. The molecule has 1 amide bonds. The van der Waals surface area contributed by atoms with E-state index in [0.29, 0.717) is 17.8 Å². The highest BCUT2D eigenvalue weighted by molar-refractivity contribution is 5.97. The second-order valence-electron chi connectivity index (χ2n) is 5.05. The Morgan fingerprint density at radius 1 is 1.12 bits per heavy atom. The van der Waals surface area contributed by atoms with Gasteiger partial charge in [0.25, 0.3) is 5.91 Å². The minimum absolute atomic E-state index is 0.0482. The van der Waals surface area contributed by atoms with E-state index in [9.17, 15) is 9.59 Å². The molecule has 0 atom stereocenters. The number of nitrogens with one attached hydrogen (secondary N) is 2. The molecule has 6 heteroatoms. The molecule has 2 aromatic rings. The number of esters is 1. The van der Waals surface area contributed by atoms with Crippen LogP contribution in [0, 0.1) is 11.3 Å². The molecule has 2 aromatic carbocycles. The molecule has 0 aliphatic rings. The van der Waals surface area contributed by atoms with Crippen LogP contribution in [-0.4, -0.2) is 19.0 Å². The van der Waals surface area contributed by atoms with Gasteiger partial charge < -0.3 is 15.4 Å². The normalized spacial score (nSPS) is 10.5. The van der Waals surface area contributed by atoms with Crippen molar-refractivity contribution < 1.29 is 14.3 Å². The lowest BCUT2D eigenvalue weighted by atomic mass is 10.2. The van der Waals surface area contributed by atoms with Crippen LogP contribution in [0.15, 0.2) is 66.4 Å². The van der Waals surface area contributed by atoms with Gasteiger partial charge in [0.15, 0.2) is 0 Å². The van der Waals surface area contributed by atoms with Gasteiger partial charge in [-0.2, -0.15) is 5.26 Å². The summed E-state index contributed by atoms with van der Waals surface area (Å²) in [5, 5.41) is 14.7. The number of nitrogens with zero attached hydrogens (tertiary/aromatic N) is 1. The summed E-state index contributed by atoms with van der Waals surface area (Å²) >= 11 is 0. The Labute approximate surface area is 145 Å². The van der Waals surface area contributed by atoms with Crippen LogP contribution < -0.4 is 10.6 Å². The largest absolute Gasteiger partial charge is 0.465 e. The standard InChI is InChI=1S/C19H17N3O3/c1-25-19(24)15-7-9-17(10-8-15)21-13-16(11-20)18(23)22-12-14-5-3-2-4-6-14/h2-10,13,21H,12H2,1H3,(H,22,23)/b16-13-. The van der Waals surface area contributed by atoms with E-state index < -0.39 is 11.9 Å². The molecule has 0 aliphatic heterocycles. The van der Waals surface area contributed by atoms with Crippen LogP contribution in [0.25, 0.3) is 0 Å². The maximum absolute atomic E-state index is 12.0. The highest BCUT2D eigenvalue weighted by Crippen LogP contribution is 2.11. The van der Waals surface area contributed by atoms with Crippen molar-refractivity contribution in [2.24, 2.45) is 0 Å². The van der Waals surface area contributed by atoms with Crippen molar-refractivity contribution in [3.8, 4) is 6.07 Å². The molecular formula is C19H17N3O3. The summed E-state index contributed by atoms with van der Waals surface area (Å²) in [5.41, 5.74) is 1.95. The number of rotatable bonds is 6. The van der Waals surface area contributed by atoms with Crippen LogP contribution in [0.4, 0.5) is 5.69 Å². The Morgan fingerprint density at radius 3 is 2.40 bits per heavy atom. The average molecular weight is 335 g/mol. The van der Waals surface area contributed by atoms with Gasteiger partial charge in [0.05, 0.1) is 12.7 Å². The van der Waals surface area contributed by atoms with Crippen LogP contribution in [0.1, 0.15) is 15.9 Å². The van der Waals surface area contributed by atoms with E-state index >= 15 is 0 Å². The number of nitriles is 1. The SMILES string of the molecule is COC(=O)c1ccc(N/C=C(/C#N)C(=O)NCc2ccccc2)cc1. The van der Waals surface area contributed by atoms with Crippen LogP contribution in [-0.2, 0) is 16.1 Å². The summed E-state index contributed by atoms with van der Waals surface area (Å²) in [6.07, 6.45) is 1.33. The van der Waals surface area contributed by atoms with Gasteiger partial charge >= 0.3 is 5.97 Å². The summed E-state index contributed by atoms with van der Waals surface area (Å²) in [7, 11) is 1.31. The molecule has 2 rings (SSSR count). The predicted octanol–water partition coefficient (Wildman–Crippen LogP) is 2.61. The van der Waals surface area contributed by atoms with E-state index in [2.05, 4.69) is 15.4 Å². The van der Waals surface area contributed by atoms with Crippen LogP contribution >= 0.6 is 0 Å². The van der Waals surface area contributed by atoms with Crippen molar-refractivity contribution in [2.75, 3.05) is 12.4 Å². The van der Waals surface area contributed by atoms with Crippen molar-refractivity contribution in [1.82, 2.24) is 5.32 Å². The molecule has 0 unspecified atom stereocenters. The summed E-state index contributed by atoms with van der Waals surface area (Å²) in [6, 6.07) is 17.8. The van der Waals surface area contributed by atoms with E-state index in [4.69, 9.17) is 5.26 Å². The molecule has 6 nitrogen and oxygen atoms in total. The molecule has 0 heterocycles. The zero-order valence-electron chi connectivity index (χ0n) is 13.7. The lowest BCUT2D eigenvalue weighted by molar-refractivity contribution is -0.117. The third-order valence-corrected chi connectivity index (χ3v) is 3.35. The van der Waals surface area contributed by atoms with Crippen LogP contribution in [0.5, 0.6) is 0 Å². The van der Waals surface area contributed by atoms with Gasteiger partial charge in [-0.15, -0.1) is 0 Å². The second kappa shape index (κ2) is 8.89. The minimum atomic E-state index is -0.468. The predicted molar refractivity (Wildman–Crippen MR) is 93.4 cm³/mol. The molecule has 126 valence electrons. The number of hydrogen-bond acceptors (Lipinski definition) is 5. The van der Waals surface area contributed by atoms with E-state index in [1.165, 1.54) is 13.3 Å². The molecular weight excluding hydrogens is 318 g/mol. The molecule has 0 radical (unpaired) electrons. The molecule has 2 N–H and O–H groups in total. The Morgan fingerprint density at radius 2 is 1.80 bits per heavy atom. The fourth-order valence-corrected chi connectivity index (χ4v) is 2.00. The average Bonchev–Trinajstić information content (AvgIpc) is 2.67. The Hall–Kier alpha value is -3.59. The molecule has 0 aromatic heterocycles. The third-order valence-electron chi connectivity index (χ3n) is 3.35. The molecule has 0 bridgehead atoms. The summed E-state index contributed by atoms with van der Waals surface area (Å²) in [4.78, 5) is 23.4. The topological polar surface area (TPSA) is 91.2 Å². The fourth-order valence-electron chi connectivity index (χ4n) is 2.00. The molecule has 0 aliphatic carbocycles. The van der Waals surface area contributed by atoms with E-state index in [0.717, 1.165) is 5.56 Å². The number of methoxy groups -OCH3 is 1. The van der Waals surface area contributed by atoms with Crippen LogP contribution in [0.2, 0.25) is 0 Å². The minimum Gasteiger partial charge on any atom is -0.465 e. The summed E-state index contributed by atoms with van der Waals surface area (Å²) in [5.74, 6) is -0.898. The quantitative estimate of drug-likeness (QED) is 0.481. The monoisotopic (exact) mass is 335 g/mol. The van der Waals surface area contributed by atoms with Gasteiger partial charge in [0.2, 0.25) is 0 Å². The van der Waals surface area contributed by atoms with E-state index in [1.54, 1.807) is 24.3 Å². The lowest BCUT2D eigenvalue weighted by Crippen LogP contribution is -2.24. The molecule has 0 saturated heterocycles. The van der Waals surface area contributed by atoms with Crippen molar-refractivity contribution in [3.63, 3.8) is 0 Å². The maximum Gasteiger partial charge on any atom is 0.337 e. The lowest BCUT2D eigenvalue weighted by Gasteiger charge is -2.06. The number of amides is 1. The van der Waals surface area contributed by atoms with Crippen LogP contribution in [0.3, 0.4) is 0 Å². The first kappa shape index (κ1) is 17.8. The van der Waals surface area contributed by atoms with Crippen molar-refractivity contribution in [3.05, 3.63) is 77.5 Å². The third kappa shape index (κ3) is 5.22. The zero-order valence-corrected chi connectivity index (χ0v) is 13.7. The number of carbonyl (C=O) groups excluding carboxylic acids is 2. The maximum atomic E-state index is 12.0. The van der Waals surface area contributed by atoms with Crippen molar-refractivity contribution in [2.45, 2.75) is 6.54 Å². The van der Waals surface area contributed by atoms with Crippen molar-refractivity contribution in [1.29, 1.82) is 5.26 Å². The van der Waals surface area contributed by atoms with Gasteiger partial charge in [-0.25, -0.2) is 4.79 Å². The van der Waals surface area contributed by atoms with Gasteiger partial charge in [0.1, 0.15) is 11.6 Å². The Balaban J connectivity index is 1.96. The Bertz CT molecular complexity index is 806. The van der Waals surface area contributed by atoms with Gasteiger partial charge in [0, 0.05) is 18.4 Å². The highest BCUT2D eigenvalue weighted by Gasteiger charge is 2.08. The number of benzene rings is 2. The Kier molecular flexibility index (Phi) is 6.32. The molecule has 25 heavy (non-hydrogen) atoms. The van der Waals surface area contributed by atoms with Gasteiger partial charge in [-0.3, -0.25) is 4.79 Å². The highest BCUT2D eigenvalue weighted by atomic mass is 16.5. The molecule has 0 spiro atoms. The second-order valence-corrected chi connectivity index (χ2v) is 5.05. The fraction of sp³-hybridized carbons (Fsp3) is 0.105. The summed E-state index contributed by atoms with van der Waals surface area (Å²) < 4.78 is 4.62. The van der Waals surface area contributed by atoms with Crippen molar-refractivity contribution >= 4 is 17.6 Å². The molecule has 0 saturated carbocycles. The van der Waals surface area contributed by atoms with Gasteiger partial charge in [-0.05, 0) is 29.8 Å². The summed E-state index contributed by atoms with van der Waals surface area (Å²) in [6.45, 7) is 0.340. The van der Waals surface area contributed by atoms with E-state index in [1.807, 2.05) is 36.4 Å². The molecule has 0 fully saturated rings. The van der Waals surface area contributed by atoms with E-state index in [-0.39, 0.29) is 5.57 Å². The number of anilines is 1. The first-order chi connectivity index (χ1) is 12.1. The number of carbonyl (C=O) groups is 2. The first-order valence-corrected chi connectivity index (χ1v) is 7.51. The smallest absolute Gasteiger partial charge is 0.337 e. The zero-order chi connectivity index (χ0) is 18.1. The van der Waals surface area contributed by atoms with Gasteiger partial charge in [-0.1, -0.05) is 30.3 Å². The number of hydrogen-bond donors (Lipinski definition) is 2. The first-order valence-electron chi connectivity index (χ1n) is 7.51.